The monoisotopic (exact) mass is 430 g/mol. The van der Waals surface area contributed by atoms with E-state index in [1.54, 1.807) is 5.57 Å². The number of hydrogen-bond donors (Lipinski definition) is 3. The Labute approximate surface area is 190 Å². The van der Waals surface area contributed by atoms with Gasteiger partial charge in [-0.1, -0.05) is 57.9 Å². The highest BCUT2D eigenvalue weighted by Crippen LogP contribution is 2.60. The highest BCUT2D eigenvalue weighted by Gasteiger charge is 2.50. The largest absolute Gasteiger partial charge is 0.392 e. The van der Waals surface area contributed by atoms with Crippen LogP contribution in [0.1, 0.15) is 92.4 Å². The fourth-order valence-corrected chi connectivity index (χ4v) is 6.91. The van der Waals surface area contributed by atoms with Gasteiger partial charge < -0.3 is 15.3 Å². The Morgan fingerprint density at radius 2 is 1.94 bits per heavy atom. The van der Waals surface area contributed by atoms with E-state index in [-0.39, 0.29) is 5.92 Å². The predicted octanol–water partition coefficient (Wildman–Crippen LogP) is 5.95. The fraction of sp³-hybridized carbons (Fsp3) is 0.786. The van der Waals surface area contributed by atoms with Crippen LogP contribution in [0.25, 0.3) is 0 Å². The number of hydrogen-bond acceptors (Lipinski definition) is 3. The lowest BCUT2D eigenvalue weighted by molar-refractivity contribution is 0.0283. The topological polar surface area (TPSA) is 60.7 Å². The summed E-state index contributed by atoms with van der Waals surface area (Å²) in [5.74, 6) is 1.94. The minimum Gasteiger partial charge on any atom is -0.392 e. The van der Waals surface area contributed by atoms with Crippen LogP contribution in [0.5, 0.6) is 0 Å². The number of aliphatic hydroxyl groups excluding tert-OH is 2. The quantitative estimate of drug-likeness (QED) is 0.488. The molecule has 3 N–H and O–H groups in total. The molecule has 0 amide bonds. The molecule has 31 heavy (non-hydrogen) atoms. The zero-order valence-electron chi connectivity index (χ0n) is 20.5. The molecule has 0 spiro atoms. The van der Waals surface area contributed by atoms with E-state index in [0.29, 0.717) is 23.7 Å². The molecule has 0 heterocycles. The number of aliphatic hydroxyl groups is 3. The van der Waals surface area contributed by atoms with Crippen LogP contribution in [0.2, 0.25) is 0 Å². The van der Waals surface area contributed by atoms with Crippen LogP contribution in [0.15, 0.2) is 35.5 Å². The molecule has 0 aromatic carbocycles. The van der Waals surface area contributed by atoms with Gasteiger partial charge in [0.2, 0.25) is 0 Å². The molecule has 0 saturated heterocycles. The third kappa shape index (κ3) is 5.37. The molecule has 3 rings (SSSR count). The van der Waals surface area contributed by atoms with Crippen molar-refractivity contribution >= 4 is 0 Å². The van der Waals surface area contributed by atoms with Crippen LogP contribution in [0.4, 0.5) is 0 Å². The second-order valence-corrected chi connectivity index (χ2v) is 11.8. The van der Waals surface area contributed by atoms with Crippen LogP contribution in [0, 0.1) is 29.1 Å². The van der Waals surface area contributed by atoms with Gasteiger partial charge in [-0.3, -0.25) is 0 Å². The van der Waals surface area contributed by atoms with Gasteiger partial charge in [-0.2, -0.15) is 0 Å². The zero-order chi connectivity index (χ0) is 23.0. The van der Waals surface area contributed by atoms with E-state index in [2.05, 4.69) is 32.6 Å². The summed E-state index contributed by atoms with van der Waals surface area (Å²) in [5, 5.41) is 30.7. The summed E-state index contributed by atoms with van der Waals surface area (Å²) in [6, 6.07) is 0. The molecule has 176 valence electrons. The van der Waals surface area contributed by atoms with Crippen molar-refractivity contribution in [2.75, 3.05) is 0 Å². The highest BCUT2D eigenvalue weighted by molar-refractivity contribution is 5.39. The Morgan fingerprint density at radius 3 is 2.61 bits per heavy atom. The van der Waals surface area contributed by atoms with Crippen molar-refractivity contribution in [3.63, 3.8) is 0 Å². The first kappa shape index (κ1) is 24.7. The molecular weight excluding hydrogens is 384 g/mol. The first-order valence-electron chi connectivity index (χ1n) is 12.6. The van der Waals surface area contributed by atoms with Crippen LogP contribution in [-0.4, -0.2) is 33.1 Å². The molecule has 7 atom stereocenters. The van der Waals surface area contributed by atoms with Gasteiger partial charge in [0, 0.05) is 5.92 Å². The zero-order valence-corrected chi connectivity index (χ0v) is 20.5. The van der Waals surface area contributed by atoms with Crippen molar-refractivity contribution in [1.29, 1.82) is 0 Å². The van der Waals surface area contributed by atoms with Crippen molar-refractivity contribution in [2.24, 2.45) is 29.1 Å². The third-order valence-corrected chi connectivity index (χ3v) is 8.97. The van der Waals surface area contributed by atoms with E-state index in [9.17, 15) is 15.3 Å². The van der Waals surface area contributed by atoms with Crippen LogP contribution < -0.4 is 0 Å². The second kappa shape index (κ2) is 9.53. The van der Waals surface area contributed by atoms with Crippen molar-refractivity contribution in [2.45, 2.75) is 110 Å². The third-order valence-electron chi connectivity index (χ3n) is 8.97. The van der Waals surface area contributed by atoms with Crippen molar-refractivity contribution in [3.8, 4) is 0 Å². The molecule has 0 bridgehead atoms. The van der Waals surface area contributed by atoms with Crippen molar-refractivity contribution in [1.82, 2.24) is 0 Å². The molecule has 1 unspecified atom stereocenters. The van der Waals surface area contributed by atoms with E-state index in [1.807, 2.05) is 20.8 Å². The summed E-state index contributed by atoms with van der Waals surface area (Å²) in [6.45, 7) is 14.8. The van der Waals surface area contributed by atoms with E-state index in [0.717, 1.165) is 36.3 Å². The average Bonchev–Trinajstić information content (AvgIpc) is 3.04. The fourth-order valence-electron chi connectivity index (χ4n) is 6.91. The van der Waals surface area contributed by atoms with Crippen LogP contribution in [0.3, 0.4) is 0 Å². The van der Waals surface area contributed by atoms with E-state index < -0.39 is 17.8 Å². The molecular formula is C28H46O3. The molecule has 3 heteroatoms. The lowest BCUT2D eigenvalue weighted by Gasteiger charge is -2.44. The van der Waals surface area contributed by atoms with E-state index in [1.165, 1.54) is 32.1 Å². The maximum absolute atomic E-state index is 10.4. The molecule has 3 fully saturated rings. The van der Waals surface area contributed by atoms with Gasteiger partial charge in [0.25, 0.3) is 0 Å². The van der Waals surface area contributed by atoms with Gasteiger partial charge in [-0.05, 0) is 93.1 Å². The number of rotatable bonds is 6. The number of allylic oxidation sites excluding steroid dienone is 3. The summed E-state index contributed by atoms with van der Waals surface area (Å²) in [6.07, 6.45) is 13.4. The van der Waals surface area contributed by atoms with Gasteiger partial charge in [0.15, 0.2) is 0 Å². The summed E-state index contributed by atoms with van der Waals surface area (Å²) >= 11 is 0. The normalized spacial score (nSPS) is 40.4. The van der Waals surface area contributed by atoms with Crippen LogP contribution in [-0.2, 0) is 0 Å². The van der Waals surface area contributed by atoms with Crippen LogP contribution >= 0.6 is 0 Å². The smallest absolute Gasteiger partial charge is 0.0837 e. The maximum atomic E-state index is 10.4. The Bertz CT molecular complexity index is 712. The Morgan fingerprint density at radius 1 is 1.23 bits per heavy atom. The molecule has 0 aromatic rings. The summed E-state index contributed by atoms with van der Waals surface area (Å²) in [7, 11) is 0. The minimum absolute atomic E-state index is 0.149. The van der Waals surface area contributed by atoms with Gasteiger partial charge in [-0.15, -0.1) is 0 Å². The van der Waals surface area contributed by atoms with Gasteiger partial charge in [0.1, 0.15) is 0 Å². The Hall–Kier alpha value is -0.900. The predicted molar refractivity (Wildman–Crippen MR) is 129 cm³/mol. The van der Waals surface area contributed by atoms with Gasteiger partial charge >= 0.3 is 0 Å². The summed E-state index contributed by atoms with van der Waals surface area (Å²) in [4.78, 5) is 0. The molecule has 3 nitrogen and oxygen atoms in total. The van der Waals surface area contributed by atoms with E-state index in [4.69, 9.17) is 0 Å². The maximum Gasteiger partial charge on any atom is 0.0837 e. The molecule has 0 aliphatic heterocycles. The number of fused-ring (bicyclic) bond motifs is 1. The average molecular weight is 431 g/mol. The Kier molecular flexibility index (Phi) is 7.61. The van der Waals surface area contributed by atoms with E-state index >= 15 is 0 Å². The standard InChI is InChI=1S/C28H46O3/c1-18(9-7-15-27(4,5)31)23-13-14-24-21(10-8-16-28(23,24)6)11-12-22-17-25(29)20(3)26(30)19(22)2/h11-12,18,20,23-26,29-31H,2,7-10,13-17H2,1,3-6H3/b21-11-,22-12+/t18-,20+,23-,24?,25+,26-,28-/m1/s1. The van der Waals surface area contributed by atoms with Crippen molar-refractivity contribution in [3.05, 3.63) is 35.5 Å². The van der Waals surface area contributed by atoms with Gasteiger partial charge in [0.05, 0.1) is 17.8 Å². The summed E-state index contributed by atoms with van der Waals surface area (Å²) in [5.41, 5.74) is 3.15. The lowest BCUT2D eigenvalue weighted by Crippen LogP contribution is -2.36. The molecule has 3 aliphatic carbocycles. The minimum atomic E-state index is -0.648. The lowest BCUT2D eigenvalue weighted by atomic mass is 9.60. The molecule has 3 aliphatic rings. The molecule has 3 saturated carbocycles. The first-order chi connectivity index (χ1) is 14.4. The molecule has 0 radical (unpaired) electrons. The van der Waals surface area contributed by atoms with Crippen molar-refractivity contribution < 1.29 is 15.3 Å². The van der Waals surface area contributed by atoms with Gasteiger partial charge in [-0.25, -0.2) is 0 Å². The molecule has 0 aromatic heterocycles. The SMILES string of the molecule is C=C1/C(=C/C=C2/CCC[C@@]3(C)C2CC[C@@H]3[C@H](C)CCCC(C)(C)O)C[C@H](O)[C@H](C)[C@@H]1O. The second-order valence-electron chi connectivity index (χ2n) is 11.8. The highest BCUT2D eigenvalue weighted by atomic mass is 16.3. The summed E-state index contributed by atoms with van der Waals surface area (Å²) < 4.78 is 0. The first-order valence-corrected chi connectivity index (χ1v) is 12.6. The Balaban J connectivity index is 1.71.